The van der Waals surface area contributed by atoms with E-state index in [0.717, 1.165) is 26.3 Å². The molecule has 2 N–H and O–H groups in total. The Morgan fingerprint density at radius 2 is 1.83 bits per heavy atom. The molecule has 0 spiro atoms. The van der Waals surface area contributed by atoms with Gasteiger partial charge in [-0.05, 0) is 48.2 Å². The van der Waals surface area contributed by atoms with Crippen LogP contribution in [0, 0.1) is 0 Å². The number of sulfonamides is 1. The molecule has 150 valence electrons. The van der Waals surface area contributed by atoms with Crippen LogP contribution in [-0.2, 0) is 10.0 Å². The second kappa shape index (κ2) is 8.04. The van der Waals surface area contributed by atoms with Crippen molar-refractivity contribution in [1.82, 2.24) is 10.2 Å². The Hall–Kier alpha value is -1.98. The molecule has 0 fully saturated rings. The lowest BCUT2D eigenvalue weighted by Gasteiger charge is -2.24. The lowest BCUT2D eigenvalue weighted by molar-refractivity contribution is 0.597. The van der Waals surface area contributed by atoms with E-state index >= 15 is 0 Å². The lowest BCUT2D eigenvalue weighted by Crippen LogP contribution is -2.19. The maximum atomic E-state index is 11.6. The normalized spacial score (nSPS) is 16.9. The highest BCUT2D eigenvalue weighted by Crippen LogP contribution is 2.38. The minimum Gasteiger partial charge on any atom is -0.257 e. The molecular weight excluding hydrogens is 450 g/mol. The molecule has 1 aliphatic heterocycles. The molecular formula is C18H16ClN5O2S3. The number of anilines is 1. The van der Waals surface area contributed by atoms with Crippen LogP contribution < -0.4 is 10.1 Å². The summed E-state index contributed by atoms with van der Waals surface area (Å²) in [6.45, 7) is 0. The highest BCUT2D eigenvalue weighted by atomic mass is 35.5. The van der Waals surface area contributed by atoms with Gasteiger partial charge in [-0.25, -0.2) is 13.6 Å². The van der Waals surface area contributed by atoms with E-state index in [1.807, 2.05) is 35.5 Å². The Morgan fingerprint density at radius 1 is 1.14 bits per heavy atom. The summed E-state index contributed by atoms with van der Waals surface area (Å²) in [6, 6.07) is 13.9. The maximum Gasteiger partial charge on any atom is 0.238 e. The summed E-state index contributed by atoms with van der Waals surface area (Å²) in [5, 5.41) is 21.7. The third kappa shape index (κ3) is 4.31. The third-order valence-electron chi connectivity index (χ3n) is 4.42. The first-order chi connectivity index (χ1) is 13.8. The van der Waals surface area contributed by atoms with E-state index in [1.165, 1.54) is 23.5 Å². The van der Waals surface area contributed by atoms with Crippen LogP contribution in [0.5, 0.6) is 0 Å². The minimum atomic E-state index is -3.76. The number of thioether (sulfide) groups is 1. The summed E-state index contributed by atoms with van der Waals surface area (Å²) in [6.07, 6.45) is 2.60. The number of benzene rings is 2. The monoisotopic (exact) mass is 465 g/mol. The number of nitrogens with two attached hydrogens (primary N) is 1. The van der Waals surface area contributed by atoms with Crippen molar-refractivity contribution in [3.63, 3.8) is 0 Å². The molecule has 2 heterocycles. The number of primary sulfonamides is 1. The van der Waals surface area contributed by atoms with Crippen LogP contribution >= 0.6 is 34.7 Å². The van der Waals surface area contributed by atoms with Gasteiger partial charge in [-0.15, -0.1) is 10.2 Å². The quantitative estimate of drug-likeness (QED) is 0.573. The minimum absolute atomic E-state index is 0.0569. The smallest absolute Gasteiger partial charge is 0.238 e. The summed E-state index contributed by atoms with van der Waals surface area (Å²) in [7, 11) is -3.76. The van der Waals surface area contributed by atoms with Gasteiger partial charge >= 0.3 is 0 Å². The van der Waals surface area contributed by atoms with Gasteiger partial charge in [0.15, 0.2) is 9.35 Å². The molecule has 4 rings (SSSR count). The maximum absolute atomic E-state index is 11.6. The molecule has 1 aromatic heterocycles. The van der Waals surface area contributed by atoms with Gasteiger partial charge in [0, 0.05) is 11.4 Å². The van der Waals surface area contributed by atoms with E-state index < -0.39 is 10.0 Å². The Morgan fingerprint density at radius 3 is 2.41 bits per heavy atom. The molecule has 11 heteroatoms. The van der Waals surface area contributed by atoms with E-state index in [2.05, 4.69) is 10.2 Å². The lowest BCUT2D eigenvalue weighted by atomic mass is 10.0. The molecule has 1 unspecified atom stereocenters. The zero-order valence-electron chi connectivity index (χ0n) is 15.2. The number of aromatic nitrogens is 2. The van der Waals surface area contributed by atoms with Crippen LogP contribution in [0.1, 0.15) is 23.0 Å². The number of rotatable bonds is 5. The summed E-state index contributed by atoms with van der Waals surface area (Å²) in [4.78, 5) is 0.0569. The van der Waals surface area contributed by atoms with Crippen molar-refractivity contribution in [2.75, 3.05) is 11.3 Å². The van der Waals surface area contributed by atoms with Crippen molar-refractivity contribution in [2.24, 2.45) is 10.2 Å². The largest absolute Gasteiger partial charge is 0.257 e. The number of hydrazone groups is 1. The molecule has 2 aromatic carbocycles. The van der Waals surface area contributed by atoms with E-state index in [-0.39, 0.29) is 10.9 Å². The Labute approximate surface area is 181 Å². The van der Waals surface area contributed by atoms with Crippen LogP contribution in [0.25, 0.3) is 0 Å². The van der Waals surface area contributed by atoms with Crippen molar-refractivity contribution in [1.29, 1.82) is 0 Å². The van der Waals surface area contributed by atoms with E-state index in [9.17, 15) is 8.42 Å². The van der Waals surface area contributed by atoms with E-state index in [1.54, 1.807) is 23.9 Å². The van der Waals surface area contributed by atoms with Gasteiger partial charge in [0.25, 0.3) is 0 Å². The average molecular weight is 466 g/mol. The Kier molecular flexibility index (Phi) is 5.63. The first-order valence-corrected chi connectivity index (χ1v) is 12.4. The van der Waals surface area contributed by atoms with Crippen LogP contribution in [0.15, 0.2) is 62.9 Å². The Bertz CT molecular complexity index is 1160. The predicted molar refractivity (Wildman–Crippen MR) is 117 cm³/mol. The van der Waals surface area contributed by atoms with Crippen LogP contribution in [0.3, 0.4) is 0 Å². The first-order valence-electron chi connectivity index (χ1n) is 8.48. The highest BCUT2D eigenvalue weighted by Gasteiger charge is 2.31. The number of nitrogens with zero attached hydrogens (tertiary/aromatic N) is 4. The molecule has 0 saturated heterocycles. The molecule has 0 radical (unpaired) electrons. The fourth-order valence-electron chi connectivity index (χ4n) is 3.02. The second-order valence-electron chi connectivity index (χ2n) is 6.28. The van der Waals surface area contributed by atoms with E-state index in [0.29, 0.717) is 11.4 Å². The van der Waals surface area contributed by atoms with Crippen molar-refractivity contribution >= 4 is 56.1 Å². The van der Waals surface area contributed by atoms with Gasteiger partial charge in [0.2, 0.25) is 10.0 Å². The van der Waals surface area contributed by atoms with Gasteiger partial charge in [-0.2, -0.15) is 5.10 Å². The molecule has 3 aromatic rings. The molecule has 29 heavy (non-hydrogen) atoms. The summed E-state index contributed by atoms with van der Waals surface area (Å²) >= 11 is 9.09. The first kappa shape index (κ1) is 20.3. The predicted octanol–water partition coefficient (Wildman–Crippen LogP) is 3.92. The molecule has 0 saturated carbocycles. The van der Waals surface area contributed by atoms with Gasteiger partial charge in [0.05, 0.1) is 16.6 Å². The summed E-state index contributed by atoms with van der Waals surface area (Å²) in [5.74, 6) is 0. The zero-order chi connectivity index (χ0) is 20.6. The molecule has 7 nitrogen and oxygen atoms in total. The number of hydrogen-bond acceptors (Lipinski definition) is 8. The summed E-state index contributed by atoms with van der Waals surface area (Å²) in [5.41, 5.74) is 2.62. The van der Waals surface area contributed by atoms with E-state index in [4.69, 9.17) is 21.8 Å². The molecule has 1 atom stereocenters. The fourth-order valence-corrected chi connectivity index (χ4v) is 4.92. The SMILES string of the molecule is CSc1nnc(C2=NN(c3ccc(S(N)(=O)=O)cc3)C(c3ccc(Cl)cc3)C2)s1. The van der Waals surface area contributed by atoms with Crippen LogP contribution in [-0.4, -0.2) is 30.6 Å². The van der Waals surface area contributed by atoms with Crippen LogP contribution in [0.2, 0.25) is 5.02 Å². The van der Waals surface area contributed by atoms with Gasteiger partial charge in [-0.3, -0.25) is 5.01 Å². The van der Waals surface area contributed by atoms with Gasteiger partial charge < -0.3 is 0 Å². The van der Waals surface area contributed by atoms with Gasteiger partial charge in [0.1, 0.15) is 5.71 Å². The molecule has 0 aliphatic carbocycles. The standard InChI is InChI=1S/C18H16ClN5O2S3/c1-27-18-22-21-17(28-18)15-10-16(11-2-4-12(19)5-3-11)24(23-15)13-6-8-14(9-7-13)29(20,25)26/h2-9,16H,10H2,1H3,(H2,20,25,26). The topological polar surface area (TPSA) is 102 Å². The molecule has 0 amide bonds. The average Bonchev–Trinajstić information content (AvgIpc) is 3.35. The molecule has 1 aliphatic rings. The van der Waals surface area contributed by atoms with Crippen molar-refractivity contribution in [3.8, 4) is 0 Å². The Balaban J connectivity index is 1.73. The zero-order valence-corrected chi connectivity index (χ0v) is 18.4. The number of halogens is 1. The van der Waals surface area contributed by atoms with Crippen molar-refractivity contribution < 1.29 is 8.42 Å². The highest BCUT2D eigenvalue weighted by molar-refractivity contribution is 8.00. The fraction of sp³-hybridized carbons (Fsp3) is 0.167. The second-order valence-corrected chi connectivity index (χ2v) is 10.3. The molecule has 0 bridgehead atoms. The van der Waals surface area contributed by atoms with Gasteiger partial charge in [-0.1, -0.05) is 46.8 Å². The van der Waals surface area contributed by atoms with Crippen molar-refractivity contribution in [2.45, 2.75) is 21.7 Å². The third-order valence-corrected chi connectivity index (χ3v) is 7.55. The summed E-state index contributed by atoms with van der Waals surface area (Å²) < 4.78 is 24.0. The number of hydrogen-bond donors (Lipinski definition) is 1. The van der Waals surface area contributed by atoms with Crippen LogP contribution in [0.4, 0.5) is 5.69 Å². The van der Waals surface area contributed by atoms with Crippen molar-refractivity contribution in [3.05, 3.63) is 64.1 Å².